The average Bonchev–Trinajstić information content (AvgIpc) is 3.82. The molecule has 0 spiro atoms. The van der Waals surface area contributed by atoms with Crippen LogP contribution >= 0.6 is 0 Å². The number of aryl methyl sites for hydroxylation is 1. The van der Waals surface area contributed by atoms with Gasteiger partial charge in [0, 0.05) is 48.5 Å². The fourth-order valence-electron chi connectivity index (χ4n) is 5.45. The Hall–Kier alpha value is -4.16. The maximum absolute atomic E-state index is 14.3. The zero-order valence-electron chi connectivity index (χ0n) is 21.6. The van der Waals surface area contributed by atoms with Gasteiger partial charge in [-0.3, -0.25) is 14.5 Å². The summed E-state index contributed by atoms with van der Waals surface area (Å²) >= 11 is 0. The van der Waals surface area contributed by atoms with Crippen LogP contribution in [-0.4, -0.2) is 29.1 Å². The first-order chi connectivity index (χ1) is 19.4. The summed E-state index contributed by atoms with van der Waals surface area (Å²) in [6.45, 7) is 0.287. The third-order valence-electron chi connectivity index (χ3n) is 7.75. The van der Waals surface area contributed by atoms with Crippen molar-refractivity contribution in [1.29, 1.82) is 0 Å². The number of hydrogen-bond donors (Lipinski definition) is 0. The lowest BCUT2D eigenvalue weighted by Gasteiger charge is -2.13. The first-order valence-electron chi connectivity index (χ1n) is 13.1. The van der Waals surface area contributed by atoms with E-state index >= 15 is 0 Å². The molecule has 0 atom stereocenters. The fourth-order valence-corrected chi connectivity index (χ4v) is 5.45. The molecule has 1 aromatic carbocycles. The highest BCUT2D eigenvalue weighted by atomic mass is 19.4. The van der Waals surface area contributed by atoms with E-state index in [-0.39, 0.29) is 40.1 Å². The highest BCUT2D eigenvalue weighted by Gasteiger charge is 2.39. The number of nitrogens with zero attached hydrogens (tertiary/aromatic N) is 6. The minimum absolute atomic E-state index is 0.0179. The van der Waals surface area contributed by atoms with Crippen LogP contribution in [0, 0.1) is 5.92 Å². The molecule has 7 rings (SSSR count). The van der Waals surface area contributed by atoms with Crippen molar-refractivity contribution in [3.05, 3.63) is 70.0 Å². The quantitative estimate of drug-likeness (QED) is 0.227. The summed E-state index contributed by atoms with van der Waals surface area (Å²) in [5.41, 5.74) is -2.25. The van der Waals surface area contributed by atoms with Crippen molar-refractivity contribution in [2.24, 2.45) is 13.0 Å². The molecule has 0 N–H and O–H groups in total. The van der Waals surface area contributed by atoms with Crippen LogP contribution in [0.2, 0.25) is 0 Å². The minimum atomic E-state index is -4.79. The molecule has 2 fully saturated rings. The maximum Gasteiger partial charge on any atom is 0.433 e. The molecular formula is C28H22F6N6O. The van der Waals surface area contributed by atoms with Crippen LogP contribution < -0.4 is 5.56 Å². The van der Waals surface area contributed by atoms with E-state index in [4.69, 9.17) is 0 Å². The highest BCUT2D eigenvalue weighted by Crippen LogP contribution is 2.42. The monoisotopic (exact) mass is 572 g/mol. The van der Waals surface area contributed by atoms with Crippen LogP contribution in [0.1, 0.15) is 48.6 Å². The SMILES string of the molecule is Cn1nc2ccc(-n3nc4c(C(F)(F)F)cn(CC5CC5)c4c(-c4ccc(C5CC5)nc4)c3=O)cc2c1C(F)(F)F. The molecule has 13 heteroatoms. The minimum Gasteiger partial charge on any atom is -0.345 e. The Morgan fingerprint density at radius 1 is 0.951 bits per heavy atom. The zero-order chi connectivity index (χ0) is 28.8. The molecule has 0 saturated heterocycles. The number of fused-ring (bicyclic) bond motifs is 2. The fraction of sp³-hybridized carbons (Fsp3) is 0.357. The second-order valence-corrected chi connectivity index (χ2v) is 10.8. The van der Waals surface area contributed by atoms with Gasteiger partial charge < -0.3 is 4.57 Å². The van der Waals surface area contributed by atoms with E-state index in [0.29, 0.717) is 16.2 Å². The molecule has 0 amide bonds. The summed E-state index contributed by atoms with van der Waals surface area (Å²) < 4.78 is 87.3. The van der Waals surface area contributed by atoms with Gasteiger partial charge in [-0.2, -0.15) is 41.2 Å². The lowest BCUT2D eigenvalue weighted by Crippen LogP contribution is -2.24. The second-order valence-electron chi connectivity index (χ2n) is 10.8. The number of hydrogen-bond acceptors (Lipinski definition) is 4. The van der Waals surface area contributed by atoms with Gasteiger partial charge in [0.25, 0.3) is 5.56 Å². The molecule has 41 heavy (non-hydrogen) atoms. The van der Waals surface area contributed by atoms with Crippen LogP contribution in [0.25, 0.3) is 38.8 Å². The number of aromatic nitrogens is 6. The molecule has 2 saturated carbocycles. The van der Waals surface area contributed by atoms with Crippen molar-refractivity contribution in [2.45, 2.75) is 50.5 Å². The van der Waals surface area contributed by atoms with Crippen molar-refractivity contribution in [3.63, 3.8) is 0 Å². The lowest BCUT2D eigenvalue weighted by atomic mass is 10.1. The Balaban J connectivity index is 1.53. The maximum atomic E-state index is 14.3. The van der Waals surface area contributed by atoms with E-state index in [9.17, 15) is 31.1 Å². The summed E-state index contributed by atoms with van der Waals surface area (Å²) in [5, 5.41) is 7.73. The van der Waals surface area contributed by atoms with Crippen LogP contribution in [0.3, 0.4) is 0 Å². The Morgan fingerprint density at radius 3 is 2.32 bits per heavy atom. The smallest absolute Gasteiger partial charge is 0.345 e. The van der Waals surface area contributed by atoms with Gasteiger partial charge in [-0.15, -0.1) is 0 Å². The van der Waals surface area contributed by atoms with Gasteiger partial charge in [0.15, 0.2) is 0 Å². The van der Waals surface area contributed by atoms with E-state index in [1.54, 1.807) is 12.1 Å². The van der Waals surface area contributed by atoms with E-state index in [1.807, 2.05) is 0 Å². The molecular weight excluding hydrogens is 550 g/mol. The first-order valence-corrected chi connectivity index (χ1v) is 13.1. The van der Waals surface area contributed by atoms with Gasteiger partial charge in [0.1, 0.15) is 16.8 Å². The number of alkyl halides is 6. The van der Waals surface area contributed by atoms with Crippen LogP contribution in [0.4, 0.5) is 26.3 Å². The second kappa shape index (κ2) is 8.67. The van der Waals surface area contributed by atoms with Crippen LogP contribution in [0.15, 0.2) is 47.5 Å². The molecule has 212 valence electrons. The Morgan fingerprint density at radius 2 is 1.71 bits per heavy atom. The molecule has 0 radical (unpaired) electrons. The lowest BCUT2D eigenvalue weighted by molar-refractivity contribution is -0.142. The van der Waals surface area contributed by atoms with Crippen LogP contribution in [0.5, 0.6) is 0 Å². The van der Waals surface area contributed by atoms with E-state index in [2.05, 4.69) is 15.2 Å². The highest BCUT2D eigenvalue weighted by molar-refractivity contribution is 5.94. The van der Waals surface area contributed by atoms with Crippen LogP contribution in [-0.2, 0) is 25.9 Å². The Labute approximate surface area is 228 Å². The average molecular weight is 573 g/mol. The summed E-state index contributed by atoms with van der Waals surface area (Å²) in [4.78, 5) is 18.6. The molecule has 0 aliphatic heterocycles. The first kappa shape index (κ1) is 25.8. The third-order valence-corrected chi connectivity index (χ3v) is 7.75. The summed E-state index contributed by atoms with van der Waals surface area (Å²) in [7, 11) is 1.15. The predicted molar refractivity (Wildman–Crippen MR) is 138 cm³/mol. The molecule has 2 aliphatic rings. The summed E-state index contributed by atoms with van der Waals surface area (Å²) in [5.74, 6) is 0.508. The van der Waals surface area contributed by atoms with E-state index < -0.39 is 34.7 Å². The Bertz CT molecular complexity index is 1890. The molecule has 4 aromatic heterocycles. The number of rotatable bonds is 5. The van der Waals surface area contributed by atoms with Gasteiger partial charge in [-0.05, 0) is 55.9 Å². The van der Waals surface area contributed by atoms with Crippen molar-refractivity contribution >= 4 is 21.9 Å². The molecule has 7 nitrogen and oxygen atoms in total. The molecule has 4 heterocycles. The number of benzene rings is 1. The number of pyridine rings is 1. The van der Waals surface area contributed by atoms with Gasteiger partial charge in [-0.1, -0.05) is 6.07 Å². The van der Waals surface area contributed by atoms with Crippen molar-refractivity contribution in [2.75, 3.05) is 0 Å². The van der Waals surface area contributed by atoms with Crippen molar-refractivity contribution < 1.29 is 26.3 Å². The topological polar surface area (TPSA) is 70.5 Å². The summed E-state index contributed by atoms with van der Waals surface area (Å²) in [6, 6.07) is 7.11. The predicted octanol–water partition coefficient (Wildman–Crippen LogP) is 6.46. The van der Waals surface area contributed by atoms with Crippen molar-refractivity contribution in [3.8, 4) is 16.8 Å². The Kier molecular flexibility index (Phi) is 5.45. The van der Waals surface area contributed by atoms with Gasteiger partial charge in [0.2, 0.25) is 0 Å². The third kappa shape index (κ3) is 4.38. The van der Waals surface area contributed by atoms with Gasteiger partial charge in [-0.25, -0.2) is 0 Å². The summed E-state index contributed by atoms with van der Waals surface area (Å²) in [6.07, 6.45) is -3.37. The zero-order valence-corrected chi connectivity index (χ0v) is 21.6. The van der Waals surface area contributed by atoms with E-state index in [1.165, 1.54) is 22.9 Å². The largest absolute Gasteiger partial charge is 0.433 e. The van der Waals surface area contributed by atoms with Crippen molar-refractivity contribution in [1.82, 2.24) is 29.1 Å². The van der Waals surface area contributed by atoms with E-state index in [0.717, 1.165) is 55.4 Å². The molecule has 2 aliphatic carbocycles. The molecule has 0 bridgehead atoms. The number of halogens is 6. The molecule has 0 unspecified atom stereocenters. The molecule has 5 aromatic rings. The standard InChI is InChI=1S/C28H22F6N6O/c1-38-25(28(32,33)34)18-10-17(7-9-21(18)36-38)40-26(41)22(16-6-8-20(35-11-16)15-4-5-15)24-23(37-40)19(27(29,30)31)13-39(24)12-14-2-3-14/h6-11,13-15H,2-5,12H2,1H3. The normalized spacial score (nSPS) is 16.3. The van der Waals surface area contributed by atoms with Gasteiger partial charge in [0.05, 0.1) is 22.3 Å². The van der Waals surface area contributed by atoms with Gasteiger partial charge >= 0.3 is 12.4 Å².